The molecule has 5 nitrogen and oxygen atoms in total. The molecule has 1 aliphatic rings. The minimum Gasteiger partial charge on any atom is -0.377 e. The van der Waals surface area contributed by atoms with Crippen molar-refractivity contribution in [1.82, 2.24) is 9.97 Å². The van der Waals surface area contributed by atoms with Crippen LogP contribution < -0.4 is 10.5 Å². The number of H-pyrrole nitrogens is 1. The van der Waals surface area contributed by atoms with E-state index in [9.17, 15) is 4.79 Å². The third kappa shape index (κ3) is 3.33. The number of anilines is 1. The number of ether oxygens (including phenoxy) is 1. The summed E-state index contributed by atoms with van der Waals surface area (Å²) in [6.07, 6.45) is 2.20. The number of hydrogen-bond donors (Lipinski definition) is 1. The molecule has 0 radical (unpaired) electrons. The molecule has 1 N–H and O–H groups in total. The standard InChI is InChI=1S/C15H19N3O2S/c1-20-9-13-16-14(8-15(19)17-13)18-5-2-11(3-6-18)12-4-7-21-10-12/h4,7-8,10-11H,2-3,5-6,9H2,1H3,(H,16,17,19). The van der Waals surface area contributed by atoms with Crippen LogP contribution >= 0.6 is 11.3 Å². The lowest BCUT2D eigenvalue weighted by molar-refractivity contribution is 0.177. The zero-order valence-electron chi connectivity index (χ0n) is 12.0. The number of piperidine rings is 1. The van der Waals surface area contributed by atoms with Crippen LogP contribution in [-0.4, -0.2) is 30.2 Å². The van der Waals surface area contributed by atoms with Crippen LogP contribution in [0.5, 0.6) is 0 Å². The van der Waals surface area contributed by atoms with Gasteiger partial charge in [-0.15, -0.1) is 0 Å². The van der Waals surface area contributed by atoms with Gasteiger partial charge in [0.1, 0.15) is 18.2 Å². The van der Waals surface area contributed by atoms with E-state index in [1.54, 1.807) is 24.5 Å². The molecule has 112 valence electrons. The van der Waals surface area contributed by atoms with E-state index in [1.807, 2.05) is 0 Å². The first-order valence-corrected chi connectivity index (χ1v) is 8.07. The maximum atomic E-state index is 11.7. The Morgan fingerprint density at radius 2 is 2.29 bits per heavy atom. The van der Waals surface area contributed by atoms with Crippen LogP contribution in [0.25, 0.3) is 0 Å². The Morgan fingerprint density at radius 3 is 2.95 bits per heavy atom. The lowest BCUT2D eigenvalue weighted by Gasteiger charge is -2.32. The van der Waals surface area contributed by atoms with Crippen LogP contribution in [0.15, 0.2) is 27.7 Å². The van der Waals surface area contributed by atoms with Crippen molar-refractivity contribution in [3.63, 3.8) is 0 Å². The highest BCUT2D eigenvalue weighted by atomic mass is 32.1. The first-order chi connectivity index (χ1) is 10.3. The maximum absolute atomic E-state index is 11.7. The van der Waals surface area contributed by atoms with Gasteiger partial charge >= 0.3 is 0 Å². The van der Waals surface area contributed by atoms with E-state index < -0.39 is 0 Å². The summed E-state index contributed by atoms with van der Waals surface area (Å²) in [5, 5.41) is 4.37. The summed E-state index contributed by atoms with van der Waals surface area (Å²) >= 11 is 1.75. The molecule has 2 aromatic rings. The molecule has 6 heteroatoms. The summed E-state index contributed by atoms with van der Waals surface area (Å²) in [7, 11) is 1.60. The van der Waals surface area contributed by atoms with Crippen molar-refractivity contribution in [1.29, 1.82) is 0 Å². The normalized spacial score (nSPS) is 16.3. The van der Waals surface area contributed by atoms with Gasteiger partial charge in [0.25, 0.3) is 5.56 Å². The number of nitrogens with one attached hydrogen (secondary N) is 1. The molecule has 0 bridgehead atoms. The average molecular weight is 305 g/mol. The molecule has 0 saturated carbocycles. The van der Waals surface area contributed by atoms with Crippen molar-refractivity contribution in [2.75, 3.05) is 25.1 Å². The molecular weight excluding hydrogens is 286 g/mol. The molecule has 21 heavy (non-hydrogen) atoms. The lowest BCUT2D eigenvalue weighted by Crippen LogP contribution is -2.34. The molecule has 3 heterocycles. The third-order valence-corrected chi connectivity index (χ3v) is 4.59. The van der Waals surface area contributed by atoms with Gasteiger partial charge in [-0.1, -0.05) is 0 Å². The Kier molecular flexibility index (Phi) is 4.36. The van der Waals surface area contributed by atoms with Crippen molar-refractivity contribution < 1.29 is 4.74 Å². The van der Waals surface area contributed by atoms with E-state index in [2.05, 4.69) is 31.7 Å². The monoisotopic (exact) mass is 305 g/mol. The van der Waals surface area contributed by atoms with Crippen LogP contribution in [0.1, 0.15) is 30.1 Å². The maximum Gasteiger partial charge on any atom is 0.253 e. The lowest BCUT2D eigenvalue weighted by atomic mass is 9.91. The van der Waals surface area contributed by atoms with Gasteiger partial charge in [0.2, 0.25) is 0 Å². The Balaban J connectivity index is 1.70. The van der Waals surface area contributed by atoms with Crippen molar-refractivity contribution >= 4 is 17.2 Å². The first kappa shape index (κ1) is 14.3. The van der Waals surface area contributed by atoms with Gasteiger partial charge in [-0.2, -0.15) is 11.3 Å². The zero-order chi connectivity index (χ0) is 14.7. The largest absolute Gasteiger partial charge is 0.377 e. The molecule has 0 aromatic carbocycles. The predicted molar refractivity (Wildman–Crippen MR) is 84.1 cm³/mol. The Morgan fingerprint density at radius 1 is 1.48 bits per heavy atom. The fourth-order valence-corrected chi connectivity index (χ4v) is 3.55. The zero-order valence-corrected chi connectivity index (χ0v) is 12.9. The molecular formula is C15H19N3O2S. The first-order valence-electron chi connectivity index (χ1n) is 7.12. The SMILES string of the molecule is COCc1nc(N2CCC(c3ccsc3)CC2)cc(=O)[nH]1. The van der Waals surface area contributed by atoms with Gasteiger partial charge in [-0.3, -0.25) is 4.79 Å². The van der Waals surface area contributed by atoms with E-state index in [0.29, 0.717) is 18.3 Å². The molecule has 0 aliphatic carbocycles. The van der Waals surface area contributed by atoms with Gasteiger partial charge in [0.15, 0.2) is 0 Å². The average Bonchev–Trinajstić information content (AvgIpc) is 3.01. The van der Waals surface area contributed by atoms with Crippen molar-refractivity contribution in [2.24, 2.45) is 0 Å². The summed E-state index contributed by atoms with van der Waals surface area (Å²) < 4.78 is 5.04. The van der Waals surface area contributed by atoms with Gasteiger partial charge in [-0.05, 0) is 41.1 Å². The number of aromatic amines is 1. The molecule has 0 atom stereocenters. The fraction of sp³-hybridized carbons (Fsp3) is 0.467. The van der Waals surface area contributed by atoms with Gasteiger partial charge in [-0.25, -0.2) is 4.98 Å². The molecule has 1 fully saturated rings. The number of nitrogens with zero attached hydrogens (tertiary/aromatic N) is 2. The number of thiophene rings is 1. The van der Waals surface area contributed by atoms with Crippen LogP contribution in [0, 0.1) is 0 Å². The molecule has 0 amide bonds. The van der Waals surface area contributed by atoms with Gasteiger partial charge in [0, 0.05) is 26.3 Å². The van der Waals surface area contributed by atoms with E-state index in [0.717, 1.165) is 31.7 Å². The van der Waals surface area contributed by atoms with Crippen LogP contribution in [0.3, 0.4) is 0 Å². The highest BCUT2D eigenvalue weighted by Gasteiger charge is 2.22. The summed E-state index contributed by atoms with van der Waals surface area (Å²) in [6, 6.07) is 3.79. The molecule has 0 unspecified atom stereocenters. The van der Waals surface area contributed by atoms with E-state index in [-0.39, 0.29) is 5.56 Å². The third-order valence-electron chi connectivity index (χ3n) is 3.89. The van der Waals surface area contributed by atoms with Crippen LogP contribution in [-0.2, 0) is 11.3 Å². The molecule has 0 spiro atoms. The minimum absolute atomic E-state index is 0.119. The fourth-order valence-electron chi connectivity index (χ4n) is 2.81. The quantitative estimate of drug-likeness (QED) is 0.942. The van der Waals surface area contributed by atoms with Crippen LogP contribution in [0.2, 0.25) is 0 Å². The summed E-state index contributed by atoms with van der Waals surface area (Å²) in [6.45, 7) is 2.20. The Hall–Kier alpha value is -1.66. The van der Waals surface area contributed by atoms with E-state index in [4.69, 9.17) is 4.74 Å². The van der Waals surface area contributed by atoms with E-state index >= 15 is 0 Å². The second-order valence-corrected chi connectivity index (χ2v) is 6.08. The van der Waals surface area contributed by atoms with Crippen molar-refractivity contribution in [3.05, 3.63) is 44.6 Å². The predicted octanol–water partition coefficient (Wildman–Crippen LogP) is 2.36. The Labute approximate surface area is 127 Å². The van der Waals surface area contributed by atoms with E-state index in [1.165, 1.54) is 5.56 Å². The minimum atomic E-state index is -0.119. The molecule has 2 aromatic heterocycles. The summed E-state index contributed by atoms with van der Waals surface area (Å²) in [5.74, 6) is 1.97. The number of hydrogen-bond acceptors (Lipinski definition) is 5. The van der Waals surface area contributed by atoms with Crippen molar-refractivity contribution in [2.45, 2.75) is 25.4 Å². The molecule has 1 saturated heterocycles. The Bertz CT molecular complexity index is 631. The second kappa shape index (κ2) is 6.41. The molecule has 1 aliphatic heterocycles. The topological polar surface area (TPSA) is 58.2 Å². The number of aromatic nitrogens is 2. The summed E-state index contributed by atoms with van der Waals surface area (Å²) in [5.41, 5.74) is 1.32. The van der Waals surface area contributed by atoms with Gasteiger partial charge < -0.3 is 14.6 Å². The highest BCUT2D eigenvalue weighted by Crippen LogP contribution is 2.30. The smallest absolute Gasteiger partial charge is 0.253 e. The van der Waals surface area contributed by atoms with Crippen LogP contribution in [0.4, 0.5) is 5.82 Å². The summed E-state index contributed by atoms with van der Waals surface area (Å²) in [4.78, 5) is 21.1. The number of rotatable bonds is 4. The number of methoxy groups -OCH3 is 1. The second-order valence-electron chi connectivity index (χ2n) is 5.30. The molecule has 3 rings (SSSR count). The van der Waals surface area contributed by atoms with Crippen molar-refractivity contribution in [3.8, 4) is 0 Å². The van der Waals surface area contributed by atoms with Gasteiger partial charge in [0.05, 0.1) is 0 Å². The highest BCUT2D eigenvalue weighted by molar-refractivity contribution is 7.07.